The molecule has 2 heterocycles. The molecule has 1 saturated heterocycles. The van der Waals surface area contributed by atoms with Crippen LogP contribution in [0.4, 0.5) is 31.7 Å². The maximum absolute atomic E-state index is 13.9. The first-order chi connectivity index (χ1) is 18.4. The summed E-state index contributed by atoms with van der Waals surface area (Å²) in [7, 11) is 0. The van der Waals surface area contributed by atoms with Gasteiger partial charge in [0.05, 0.1) is 17.3 Å². The zero-order chi connectivity index (χ0) is 27.1. The molecule has 9 nitrogen and oxygen atoms in total. The number of pyridine rings is 1. The number of piperazine rings is 1. The van der Waals surface area contributed by atoms with E-state index in [0.29, 0.717) is 37.7 Å². The Kier molecular flexibility index (Phi) is 8.33. The molecule has 2 aromatic carbocycles. The van der Waals surface area contributed by atoms with Crippen molar-refractivity contribution in [2.24, 2.45) is 5.73 Å². The molecule has 1 aliphatic rings. The summed E-state index contributed by atoms with van der Waals surface area (Å²) < 4.78 is 27.4. The van der Waals surface area contributed by atoms with E-state index in [0.717, 1.165) is 17.4 Å². The van der Waals surface area contributed by atoms with Crippen molar-refractivity contribution in [3.05, 3.63) is 77.5 Å². The molecule has 1 aromatic heterocycles. The number of benzene rings is 2. The second kappa shape index (κ2) is 12.0. The molecule has 1 aliphatic heterocycles. The van der Waals surface area contributed by atoms with Crippen molar-refractivity contribution < 1.29 is 18.4 Å². The van der Waals surface area contributed by atoms with Gasteiger partial charge in [0.25, 0.3) is 5.91 Å². The largest absolute Gasteiger partial charge is 0.384 e. The van der Waals surface area contributed by atoms with Gasteiger partial charge in [-0.15, -0.1) is 0 Å². The van der Waals surface area contributed by atoms with Crippen LogP contribution in [0.3, 0.4) is 0 Å². The second-order valence-electron chi connectivity index (χ2n) is 8.74. The van der Waals surface area contributed by atoms with Crippen molar-refractivity contribution in [3.63, 3.8) is 0 Å². The predicted molar refractivity (Wildman–Crippen MR) is 140 cm³/mol. The molecule has 38 heavy (non-hydrogen) atoms. The van der Waals surface area contributed by atoms with Gasteiger partial charge in [-0.2, -0.15) is 5.26 Å². The number of halogens is 2. The SMILES string of the molecule is N#CCC(=O)N1CCN(c2ccc(Nc3cc(NCCc4cccc(F)c4F)c(C(N)=O)cn3)cc2)CC1. The summed E-state index contributed by atoms with van der Waals surface area (Å²) in [6.07, 6.45) is 1.46. The number of hydrogen-bond acceptors (Lipinski definition) is 7. The first-order valence-electron chi connectivity index (χ1n) is 12.1. The topological polar surface area (TPSA) is 127 Å². The van der Waals surface area contributed by atoms with Gasteiger partial charge in [0, 0.05) is 56.4 Å². The van der Waals surface area contributed by atoms with Crippen LogP contribution in [0.2, 0.25) is 0 Å². The molecule has 0 unspecified atom stereocenters. The van der Waals surface area contributed by atoms with Gasteiger partial charge in [0.2, 0.25) is 5.91 Å². The van der Waals surface area contributed by atoms with Crippen LogP contribution in [0, 0.1) is 23.0 Å². The molecule has 196 valence electrons. The number of anilines is 4. The highest BCUT2D eigenvalue weighted by Gasteiger charge is 2.21. The minimum atomic E-state index is -0.908. The fraction of sp³-hybridized carbons (Fsp3) is 0.259. The van der Waals surface area contributed by atoms with Crippen LogP contribution in [0.15, 0.2) is 54.7 Å². The minimum Gasteiger partial charge on any atom is -0.384 e. The lowest BCUT2D eigenvalue weighted by Gasteiger charge is -2.36. The smallest absolute Gasteiger partial charge is 0.252 e. The fourth-order valence-corrected chi connectivity index (χ4v) is 4.24. The van der Waals surface area contributed by atoms with Crippen LogP contribution >= 0.6 is 0 Å². The molecule has 0 spiro atoms. The minimum absolute atomic E-state index is 0.0996. The number of hydrogen-bond donors (Lipinski definition) is 3. The number of amides is 2. The van der Waals surface area contributed by atoms with E-state index in [1.54, 1.807) is 11.0 Å². The summed E-state index contributed by atoms with van der Waals surface area (Å²) in [6, 6.07) is 15.2. The molecule has 4 N–H and O–H groups in total. The van der Waals surface area contributed by atoms with Crippen molar-refractivity contribution in [1.82, 2.24) is 9.88 Å². The van der Waals surface area contributed by atoms with E-state index in [9.17, 15) is 18.4 Å². The number of nitrogens with zero attached hydrogens (tertiary/aromatic N) is 4. The number of primary amides is 1. The van der Waals surface area contributed by atoms with E-state index in [4.69, 9.17) is 11.0 Å². The maximum Gasteiger partial charge on any atom is 0.252 e. The molecule has 3 aromatic rings. The van der Waals surface area contributed by atoms with Crippen LogP contribution in [0.5, 0.6) is 0 Å². The standard InChI is InChI=1S/C27H27F2N7O2/c28-22-3-1-2-18(26(22)29)9-11-32-23-16-24(33-17-21(23)27(31)38)34-19-4-6-20(7-5-19)35-12-14-36(15-13-35)25(37)8-10-30/h1-7,16-17H,8-9,11-15H2,(H2,31,38)(H2,32,33,34). The molecule has 1 fully saturated rings. The molecule has 4 rings (SSSR count). The fourth-order valence-electron chi connectivity index (χ4n) is 4.24. The highest BCUT2D eigenvalue weighted by atomic mass is 19.2. The molecule has 0 aliphatic carbocycles. The molecule has 0 bridgehead atoms. The zero-order valence-corrected chi connectivity index (χ0v) is 20.6. The Morgan fingerprint density at radius 1 is 1.08 bits per heavy atom. The van der Waals surface area contributed by atoms with Crippen molar-refractivity contribution in [2.75, 3.05) is 48.3 Å². The summed E-state index contributed by atoms with van der Waals surface area (Å²) in [5.74, 6) is -2.14. The summed E-state index contributed by atoms with van der Waals surface area (Å²) in [5.41, 5.74) is 8.08. The molecule has 0 radical (unpaired) electrons. The number of aromatic nitrogens is 1. The lowest BCUT2D eigenvalue weighted by atomic mass is 10.1. The summed E-state index contributed by atoms with van der Waals surface area (Å²) in [5, 5.41) is 15.0. The average molecular weight is 520 g/mol. The lowest BCUT2D eigenvalue weighted by molar-refractivity contribution is -0.130. The monoisotopic (exact) mass is 519 g/mol. The van der Waals surface area contributed by atoms with Gasteiger partial charge in [-0.25, -0.2) is 13.8 Å². The zero-order valence-electron chi connectivity index (χ0n) is 20.6. The van der Waals surface area contributed by atoms with Crippen molar-refractivity contribution in [2.45, 2.75) is 12.8 Å². The van der Waals surface area contributed by atoms with Gasteiger partial charge in [0.1, 0.15) is 12.2 Å². The van der Waals surface area contributed by atoms with Crippen LogP contribution in [-0.4, -0.2) is 54.4 Å². The van der Waals surface area contributed by atoms with E-state index in [2.05, 4.69) is 20.5 Å². The molecule has 0 atom stereocenters. The molecule has 2 amide bonds. The van der Waals surface area contributed by atoms with Crippen LogP contribution in [0.25, 0.3) is 0 Å². The number of rotatable bonds is 9. The molecular weight excluding hydrogens is 492 g/mol. The lowest BCUT2D eigenvalue weighted by Crippen LogP contribution is -2.48. The quantitative estimate of drug-likeness (QED) is 0.395. The van der Waals surface area contributed by atoms with E-state index < -0.39 is 17.5 Å². The average Bonchev–Trinajstić information content (AvgIpc) is 2.92. The van der Waals surface area contributed by atoms with Gasteiger partial charge >= 0.3 is 0 Å². The summed E-state index contributed by atoms with van der Waals surface area (Å²) in [4.78, 5) is 31.9. The summed E-state index contributed by atoms with van der Waals surface area (Å²) in [6.45, 7) is 2.73. The highest BCUT2D eigenvalue weighted by Crippen LogP contribution is 2.24. The normalized spacial score (nSPS) is 13.1. The van der Waals surface area contributed by atoms with Crippen molar-refractivity contribution in [3.8, 4) is 6.07 Å². The maximum atomic E-state index is 13.9. The Morgan fingerprint density at radius 3 is 2.50 bits per heavy atom. The van der Waals surface area contributed by atoms with E-state index in [1.165, 1.54) is 18.3 Å². The Hall–Kier alpha value is -4.72. The van der Waals surface area contributed by atoms with Gasteiger partial charge in [0.15, 0.2) is 11.6 Å². The molecular formula is C27H27F2N7O2. The van der Waals surface area contributed by atoms with Crippen LogP contribution in [-0.2, 0) is 11.2 Å². The van der Waals surface area contributed by atoms with Crippen LogP contribution in [0.1, 0.15) is 22.3 Å². The van der Waals surface area contributed by atoms with Gasteiger partial charge < -0.3 is 26.2 Å². The number of carbonyl (C=O) groups excluding carboxylic acids is 2. The molecule has 0 saturated carbocycles. The van der Waals surface area contributed by atoms with Crippen LogP contribution < -0.4 is 21.3 Å². The number of nitrogens with two attached hydrogens (primary N) is 1. The Bertz CT molecular complexity index is 1350. The second-order valence-corrected chi connectivity index (χ2v) is 8.74. The first kappa shape index (κ1) is 26.3. The van der Waals surface area contributed by atoms with E-state index in [-0.39, 0.29) is 36.4 Å². The number of nitriles is 1. The third-order valence-corrected chi connectivity index (χ3v) is 6.28. The van der Waals surface area contributed by atoms with Gasteiger partial charge in [-0.05, 0) is 42.3 Å². The van der Waals surface area contributed by atoms with E-state index >= 15 is 0 Å². The third-order valence-electron chi connectivity index (χ3n) is 6.28. The summed E-state index contributed by atoms with van der Waals surface area (Å²) >= 11 is 0. The van der Waals surface area contributed by atoms with Crippen molar-refractivity contribution in [1.29, 1.82) is 5.26 Å². The number of carbonyl (C=O) groups is 2. The first-order valence-corrected chi connectivity index (χ1v) is 12.1. The van der Waals surface area contributed by atoms with Crippen molar-refractivity contribution >= 4 is 34.7 Å². The van der Waals surface area contributed by atoms with Gasteiger partial charge in [-0.1, -0.05) is 12.1 Å². The Labute approximate surface area is 218 Å². The molecule has 11 heteroatoms. The Morgan fingerprint density at radius 2 is 1.82 bits per heavy atom. The Balaban J connectivity index is 1.38. The predicted octanol–water partition coefficient (Wildman–Crippen LogP) is 3.42. The van der Waals surface area contributed by atoms with E-state index in [1.807, 2.05) is 30.3 Å². The number of nitrogens with one attached hydrogen (secondary N) is 2. The third kappa shape index (κ3) is 6.34. The van der Waals surface area contributed by atoms with Gasteiger partial charge in [-0.3, -0.25) is 9.59 Å². The highest BCUT2D eigenvalue weighted by molar-refractivity contribution is 5.98.